The number of ether oxygens (including phenoxy) is 1. The quantitative estimate of drug-likeness (QED) is 0.589. The van der Waals surface area contributed by atoms with Crippen LogP contribution in [0.3, 0.4) is 0 Å². The number of benzene rings is 1. The molecular weight excluding hydrogens is 219 g/mol. The van der Waals surface area contributed by atoms with Crippen LogP contribution >= 0.6 is 7.60 Å². The molecule has 0 heterocycles. The lowest BCUT2D eigenvalue weighted by Crippen LogP contribution is -2.08. The van der Waals surface area contributed by atoms with E-state index in [0.717, 1.165) is 0 Å². The second-order valence-corrected chi connectivity index (χ2v) is 4.62. The number of rotatable bonds is 3. The molecule has 0 amide bonds. The number of hydrogen-bond donors (Lipinski definition) is 2. The number of ketones is 1. The van der Waals surface area contributed by atoms with Gasteiger partial charge in [-0.2, -0.15) is 0 Å². The molecule has 1 rings (SSSR count). The molecule has 0 aliphatic heterocycles. The highest BCUT2D eigenvalue weighted by molar-refractivity contribution is 7.60. The summed E-state index contributed by atoms with van der Waals surface area (Å²) in [7, 11) is -2.99. The molecule has 82 valence electrons. The van der Waals surface area contributed by atoms with Crippen molar-refractivity contribution >= 4 is 18.7 Å². The van der Waals surface area contributed by atoms with Crippen molar-refractivity contribution in [1.29, 1.82) is 0 Å². The summed E-state index contributed by atoms with van der Waals surface area (Å²) in [5.41, 5.74) is 0.215. The van der Waals surface area contributed by atoms with Crippen molar-refractivity contribution in [2.75, 3.05) is 7.11 Å². The molecule has 0 saturated heterocycles. The van der Waals surface area contributed by atoms with E-state index in [1.54, 1.807) is 0 Å². The Bertz CT molecular complexity index is 434. The van der Waals surface area contributed by atoms with Crippen molar-refractivity contribution in [3.63, 3.8) is 0 Å². The maximum atomic E-state index is 11.1. The van der Waals surface area contributed by atoms with E-state index in [-0.39, 0.29) is 22.4 Å². The SMILES string of the molecule is COc1cc(C(C)=O)cc(P(=O)(O)O)c1. The van der Waals surface area contributed by atoms with E-state index in [1.807, 2.05) is 0 Å². The largest absolute Gasteiger partial charge is 0.497 e. The molecule has 1 aromatic rings. The van der Waals surface area contributed by atoms with Gasteiger partial charge in [0.2, 0.25) is 0 Å². The minimum absolute atomic E-state index is 0.215. The Hall–Kier alpha value is -1.16. The molecule has 0 aromatic heterocycles. The first kappa shape index (κ1) is 11.9. The highest BCUT2D eigenvalue weighted by atomic mass is 31.2. The monoisotopic (exact) mass is 230 g/mol. The lowest BCUT2D eigenvalue weighted by Gasteiger charge is -2.08. The minimum atomic E-state index is -4.36. The fourth-order valence-electron chi connectivity index (χ4n) is 1.07. The van der Waals surface area contributed by atoms with Crippen molar-refractivity contribution < 1.29 is 23.9 Å². The van der Waals surface area contributed by atoms with Gasteiger partial charge in [0.15, 0.2) is 5.78 Å². The van der Waals surface area contributed by atoms with Crippen molar-refractivity contribution in [2.24, 2.45) is 0 Å². The highest BCUT2D eigenvalue weighted by Gasteiger charge is 2.19. The van der Waals surface area contributed by atoms with Crippen LogP contribution < -0.4 is 10.0 Å². The van der Waals surface area contributed by atoms with Crippen LogP contribution in [0.2, 0.25) is 0 Å². The zero-order chi connectivity index (χ0) is 11.6. The summed E-state index contributed by atoms with van der Waals surface area (Å²) in [5, 5.41) is -0.216. The maximum Gasteiger partial charge on any atom is 0.356 e. The van der Waals surface area contributed by atoms with Crippen LogP contribution in [0, 0.1) is 0 Å². The van der Waals surface area contributed by atoms with Crippen molar-refractivity contribution in [2.45, 2.75) is 6.92 Å². The van der Waals surface area contributed by atoms with Gasteiger partial charge in [-0.1, -0.05) is 0 Å². The highest BCUT2D eigenvalue weighted by Crippen LogP contribution is 2.34. The summed E-state index contributed by atoms with van der Waals surface area (Å²) in [5.74, 6) is -0.0235. The first-order valence-corrected chi connectivity index (χ1v) is 5.72. The number of hydrogen-bond acceptors (Lipinski definition) is 3. The summed E-state index contributed by atoms with van der Waals surface area (Å²) in [4.78, 5) is 29.0. The number of Topliss-reactive ketones (excluding diaryl/α,β-unsaturated/α-hetero) is 1. The molecule has 5 nitrogen and oxygen atoms in total. The Balaban J connectivity index is 3.36. The van der Waals surface area contributed by atoms with Crippen LogP contribution in [0.4, 0.5) is 0 Å². The van der Waals surface area contributed by atoms with Crippen LogP contribution in [-0.2, 0) is 4.57 Å². The van der Waals surface area contributed by atoms with Gasteiger partial charge in [0.1, 0.15) is 5.75 Å². The van der Waals surface area contributed by atoms with E-state index in [2.05, 4.69) is 0 Å². The molecule has 15 heavy (non-hydrogen) atoms. The van der Waals surface area contributed by atoms with E-state index in [4.69, 9.17) is 14.5 Å². The van der Waals surface area contributed by atoms with Crippen molar-refractivity contribution in [1.82, 2.24) is 0 Å². The summed E-state index contributed by atoms with van der Waals surface area (Å²) in [6.07, 6.45) is 0. The zero-order valence-corrected chi connectivity index (χ0v) is 9.19. The Labute approximate surface area is 86.9 Å². The third kappa shape index (κ3) is 2.89. The summed E-state index contributed by atoms with van der Waals surface area (Å²) in [6.45, 7) is 1.32. The predicted molar refractivity (Wildman–Crippen MR) is 54.7 cm³/mol. The first-order valence-electron chi connectivity index (χ1n) is 4.10. The van der Waals surface area contributed by atoms with Gasteiger partial charge in [0, 0.05) is 5.56 Å². The van der Waals surface area contributed by atoms with E-state index in [0.29, 0.717) is 0 Å². The molecule has 6 heteroatoms. The average molecular weight is 230 g/mol. The van der Waals surface area contributed by atoms with Gasteiger partial charge in [0.25, 0.3) is 0 Å². The van der Waals surface area contributed by atoms with Gasteiger partial charge in [0.05, 0.1) is 12.4 Å². The third-order valence-electron chi connectivity index (χ3n) is 1.87. The molecule has 0 fully saturated rings. The smallest absolute Gasteiger partial charge is 0.356 e. The molecule has 0 spiro atoms. The van der Waals surface area contributed by atoms with E-state index >= 15 is 0 Å². The van der Waals surface area contributed by atoms with Crippen LogP contribution in [0.15, 0.2) is 18.2 Å². The van der Waals surface area contributed by atoms with E-state index < -0.39 is 7.60 Å². The second kappa shape index (κ2) is 4.14. The molecule has 0 saturated carbocycles. The molecule has 0 atom stereocenters. The molecule has 0 aliphatic rings. The van der Waals surface area contributed by atoms with Crippen LogP contribution in [-0.4, -0.2) is 22.7 Å². The number of carbonyl (C=O) groups excluding carboxylic acids is 1. The minimum Gasteiger partial charge on any atom is -0.497 e. The standard InChI is InChI=1S/C9H11O5P/c1-6(10)7-3-8(14-2)5-9(4-7)15(11,12)13/h3-5H,1-2H3,(H2,11,12,13). The number of methoxy groups -OCH3 is 1. The predicted octanol–water partition coefficient (Wildman–Crippen LogP) is 0.701. The van der Waals surface area contributed by atoms with Crippen molar-refractivity contribution in [3.05, 3.63) is 23.8 Å². The molecule has 2 N–H and O–H groups in total. The van der Waals surface area contributed by atoms with E-state index in [1.165, 1.54) is 32.2 Å². The van der Waals surface area contributed by atoms with Crippen LogP contribution in [0.5, 0.6) is 5.75 Å². The molecule has 1 aromatic carbocycles. The molecule has 0 unspecified atom stereocenters. The zero-order valence-electron chi connectivity index (χ0n) is 8.30. The van der Waals surface area contributed by atoms with Gasteiger partial charge in [-0.05, 0) is 25.1 Å². The molecule has 0 bridgehead atoms. The first-order chi connectivity index (χ1) is 6.84. The summed E-state index contributed by atoms with van der Waals surface area (Å²) in [6, 6.07) is 3.82. The Kier molecular flexibility index (Phi) is 3.29. The Morgan fingerprint density at radius 3 is 2.33 bits per heavy atom. The van der Waals surface area contributed by atoms with Gasteiger partial charge < -0.3 is 14.5 Å². The topological polar surface area (TPSA) is 83.8 Å². The van der Waals surface area contributed by atoms with Gasteiger partial charge >= 0.3 is 7.60 Å². The lowest BCUT2D eigenvalue weighted by atomic mass is 10.1. The normalized spacial score (nSPS) is 11.2. The van der Waals surface area contributed by atoms with Gasteiger partial charge in [-0.15, -0.1) is 0 Å². The fraction of sp³-hybridized carbons (Fsp3) is 0.222. The molecule has 0 radical (unpaired) electrons. The lowest BCUT2D eigenvalue weighted by molar-refractivity contribution is 0.101. The maximum absolute atomic E-state index is 11.1. The molecular formula is C9H11O5P. The Morgan fingerprint density at radius 1 is 1.33 bits per heavy atom. The molecule has 0 aliphatic carbocycles. The second-order valence-electron chi connectivity index (χ2n) is 3.02. The van der Waals surface area contributed by atoms with Crippen LogP contribution in [0.1, 0.15) is 17.3 Å². The van der Waals surface area contributed by atoms with Gasteiger partial charge in [-0.3, -0.25) is 9.36 Å². The van der Waals surface area contributed by atoms with Gasteiger partial charge in [-0.25, -0.2) is 0 Å². The summed E-state index contributed by atoms with van der Waals surface area (Å²) >= 11 is 0. The fourth-order valence-corrected chi connectivity index (χ4v) is 1.68. The third-order valence-corrected chi connectivity index (χ3v) is 2.80. The van der Waals surface area contributed by atoms with E-state index in [9.17, 15) is 9.36 Å². The Morgan fingerprint density at radius 2 is 1.93 bits per heavy atom. The van der Waals surface area contributed by atoms with Crippen LogP contribution in [0.25, 0.3) is 0 Å². The average Bonchev–Trinajstić information content (AvgIpc) is 2.15. The number of carbonyl (C=O) groups is 1. The van der Waals surface area contributed by atoms with Crippen molar-refractivity contribution in [3.8, 4) is 5.75 Å². The summed E-state index contributed by atoms with van der Waals surface area (Å²) < 4.78 is 15.8.